The maximum Gasteiger partial charge on any atom is 0.264 e. The van der Waals surface area contributed by atoms with E-state index < -0.39 is 45.3 Å². The van der Waals surface area contributed by atoms with E-state index in [0.717, 1.165) is 6.07 Å². The molecule has 0 spiro atoms. The van der Waals surface area contributed by atoms with Crippen LogP contribution in [0.4, 0.5) is 5.69 Å². The Hall–Kier alpha value is -4.53. The van der Waals surface area contributed by atoms with Crippen LogP contribution in [0.3, 0.4) is 0 Å². The number of sulfonamides is 1. The first-order valence-corrected chi connectivity index (χ1v) is 14.7. The first kappa shape index (κ1) is 29.0. The van der Waals surface area contributed by atoms with Crippen molar-refractivity contribution in [2.45, 2.75) is 44.6 Å². The lowest BCUT2D eigenvalue weighted by atomic mass is 10.0. The fraction of sp³-hybridized carbons (Fsp3) is 0.286. The summed E-state index contributed by atoms with van der Waals surface area (Å²) in [6.07, 6.45) is 0.172. The van der Waals surface area contributed by atoms with Gasteiger partial charge in [-0.15, -0.1) is 4.31 Å². The molecule has 2 unspecified atom stereocenters. The molecule has 1 aliphatic rings. The molecule has 13 nitrogen and oxygen atoms in total. The smallest absolute Gasteiger partial charge is 0.264 e. The number of piperidine rings is 1. The number of anilines is 1. The highest BCUT2D eigenvalue weighted by molar-refractivity contribution is 7.95. The second kappa shape index (κ2) is 11.0. The van der Waals surface area contributed by atoms with Gasteiger partial charge in [0.15, 0.2) is 15.3 Å². The number of imide groups is 1. The van der Waals surface area contributed by atoms with E-state index in [0.29, 0.717) is 0 Å². The van der Waals surface area contributed by atoms with Crippen LogP contribution in [0.5, 0.6) is 0 Å². The second-order valence-corrected chi connectivity index (χ2v) is 11.7. The molecule has 2 atom stereocenters. The van der Waals surface area contributed by atoms with Crippen LogP contribution in [-0.2, 0) is 24.2 Å². The Morgan fingerprint density at radius 3 is 2.57 bits per heavy atom. The van der Waals surface area contributed by atoms with Gasteiger partial charge in [-0.25, -0.2) is 4.98 Å². The molecule has 14 heteroatoms. The van der Waals surface area contributed by atoms with Crippen molar-refractivity contribution in [3.63, 3.8) is 0 Å². The number of hydrogen-bond acceptors (Lipinski definition) is 8. The number of aromatic nitrogens is 3. The van der Waals surface area contributed by atoms with Crippen LogP contribution in [0.1, 0.15) is 48.9 Å². The van der Waals surface area contributed by atoms with Crippen molar-refractivity contribution in [1.82, 2.24) is 24.2 Å². The number of amides is 3. The van der Waals surface area contributed by atoms with Crippen molar-refractivity contribution in [2.24, 2.45) is 0 Å². The average Bonchev–Trinajstić information content (AvgIpc) is 2.93. The number of aromatic amines is 1. The quantitative estimate of drug-likeness (QED) is 0.215. The second-order valence-electron chi connectivity index (χ2n) is 9.80. The highest BCUT2D eigenvalue weighted by Crippen LogP contribution is 2.28. The third-order valence-corrected chi connectivity index (χ3v) is 9.32. The summed E-state index contributed by atoms with van der Waals surface area (Å²) in [6.45, 7) is 5.50. The highest BCUT2D eigenvalue weighted by Gasteiger charge is 2.31. The van der Waals surface area contributed by atoms with Gasteiger partial charge in [-0.2, -0.15) is 0 Å². The average molecular weight is 593 g/mol. The highest BCUT2D eigenvalue weighted by atomic mass is 32.3. The molecule has 218 valence electrons. The van der Waals surface area contributed by atoms with E-state index in [1.807, 2.05) is 0 Å². The number of fused-ring (bicyclic) bond motifs is 2. The summed E-state index contributed by atoms with van der Waals surface area (Å²) in [4.78, 5) is 71.0. The van der Waals surface area contributed by atoms with E-state index >= 15 is 0 Å². The summed E-state index contributed by atoms with van der Waals surface area (Å²) >= 11 is 0. The van der Waals surface area contributed by atoms with Gasteiger partial charge >= 0.3 is 0 Å². The third-order valence-electron chi connectivity index (χ3n) is 7.28. The number of carbonyl (C=O) groups is 3. The Morgan fingerprint density at radius 1 is 1.14 bits per heavy atom. The number of nitrogens with one attached hydrogen (secondary N) is 3. The summed E-state index contributed by atoms with van der Waals surface area (Å²) in [5.41, 5.74) is -0.679. The summed E-state index contributed by atoms with van der Waals surface area (Å²) in [5, 5.41) is 5.13. The van der Waals surface area contributed by atoms with Crippen molar-refractivity contribution >= 4 is 55.6 Å². The van der Waals surface area contributed by atoms with Gasteiger partial charge < -0.3 is 14.9 Å². The zero-order valence-corrected chi connectivity index (χ0v) is 23.9. The molecule has 0 saturated carbocycles. The van der Waals surface area contributed by atoms with Crippen molar-refractivity contribution in [1.29, 1.82) is 0 Å². The van der Waals surface area contributed by atoms with Gasteiger partial charge in [-0.05, 0) is 51.5 Å². The molecule has 4 aromatic rings. The number of H-pyrrole nitrogens is 1. The standard InChI is InChI=1S/C28H28N6O7S/c1-4-33(5-2)42(40,41)16-9-10-19-17(13-16)18(14-24(36)30-19)26(37)31-21-8-6-7-20-25(21)28(39)34(15(3)29-20)22-11-12-23(35)32-27(22)38/h6-10,13-14,22H,4-5,11-12H2,1-3H3,(H3-,30,31,32,35,36,37,38,39,40,41). The minimum Gasteiger partial charge on any atom is -0.593 e. The number of pyridine rings is 1. The van der Waals surface area contributed by atoms with Gasteiger partial charge in [0.05, 0.1) is 22.2 Å². The van der Waals surface area contributed by atoms with E-state index in [4.69, 9.17) is 0 Å². The van der Waals surface area contributed by atoms with Crippen LogP contribution in [-0.4, -0.2) is 54.2 Å². The predicted molar refractivity (Wildman–Crippen MR) is 155 cm³/mol. The largest absolute Gasteiger partial charge is 0.593 e. The molecule has 5 rings (SSSR count). The number of rotatable bonds is 7. The van der Waals surface area contributed by atoms with Crippen LogP contribution in [0.2, 0.25) is 0 Å². The molecule has 2 aromatic carbocycles. The fourth-order valence-corrected chi connectivity index (χ4v) is 6.72. The maximum atomic E-state index is 13.7. The predicted octanol–water partition coefficient (Wildman–Crippen LogP) is 2.02. The lowest BCUT2D eigenvalue weighted by Gasteiger charge is -2.25. The van der Waals surface area contributed by atoms with Gasteiger partial charge in [0.2, 0.25) is 17.4 Å². The van der Waals surface area contributed by atoms with Crippen LogP contribution < -0.4 is 21.8 Å². The summed E-state index contributed by atoms with van der Waals surface area (Å²) in [6, 6.07) is 8.87. The topological polar surface area (TPSA) is 186 Å². The Kier molecular flexibility index (Phi) is 7.62. The minimum atomic E-state index is -3.86. The molecular formula is C28H28N6O7S. The SMILES string of the molecule is CCN(CC)[S+](=O)([O-])c1ccc2[nH]c(=O)cc(C(=O)Nc3cccc4nc(C)n(C5CCC(=O)NC5=O)c(=O)c34)c2c1. The van der Waals surface area contributed by atoms with Crippen molar-refractivity contribution in [3.8, 4) is 0 Å². The molecule has 1 saturated heterocycles. The Balaban J connectivity index is 1.61. The van der Waals surface area contributed by atoms with Gasteiger partial charge in [0, 0.05) is 42.5 Å². The monoisotopic (exact) mass is 592 g/mol. The van der Waals surface area contributed by atoms with Crippen molar-refractivity contribution in [2.75, 3.05) is 18.4 Å². The Bertz CT molecular complexity index is 1950. The molecule has 0 bridgehead atoms. The normalized spacial score (nSPS) is 16.9. The van der Waals surface area contributed by atoms with E-state index in [1.54, 1.807) is 32.9 Å². The van der Waals surface area contributed by atoms with Crippen molar-refractivity contribution in [3.05, 3.63) is 74.6 Å². The molecule has 1 aliphatic heterocycles. The number of aryl methyl sites for hydroxylation is 1. The van der Waals surface area contributed by atoms with E-state index in [-0.39, 0.29) is 69.7 Å². The zero-order chi connectivity index (χ0) is 30.3. The lowest BCUT2D eigenvalue weighted by Crippen LogP contribution is -2.45. The molecule has 0 radical (unpaired) electrons. The minimum absolute atomic E-state index is 0.0279. The third kappa shape index (κ3) is 5.04. The van der Waals surface area contributed by atoms with Gasteiger partial charge in [-0.1, -0.05) is 10.3 Å². The number of hydrogen-bond donors (Lipinski definition) is 3. The zero-order valence-electron chi connectivity index (χ0n) is 23.1. The molecule has 3 amide bonds. The van der Waals surface area contributed by atoms with Gasteiger partial charge in [0.25, 0.3) is 11.5 Å². The number of nitrogens with zero attached hydrogens (tertiary/aromatic N) is 3. The molecular weight excluding hydrogens is 564 g/mol. The Morgan fingerprint density at radius 2 is 1.88 bits per heavy atom. The molecule has 3 N–H and O–H groups in total. The number of carbonyl (C=O) groups excluding carboxylic acids is 3. The Labute approximate surface area is 240 Å². The van der Waals surface area contributed by atoms with Crippen LogP contribution >= 0.6 is 0 Å². The van der Waals surface area contributed by atoms with Crippen LogP contribution in [0.15, 0.2) is 56.9 Å². The van der Waals surface area contributed by atoms with E-state index in [2.05, 4.69) is 20.6 Å². The fourth-order valence-electron chi connectivity index (χ4n) is 5.24. The molecule has 42 heavy (non-hydrogen) atoms. The first-order chi connectivity index (χ1) is 20.0. The molecule has 2 aromatic heterocycles. The summed E-state index contributed by atoms with van der Waals surface area (Å²) < 4.78 is 28.8. The number of benzene rings is 2. The maximum absolute atomic E-state index is 13.7. The molecule has 3 heterocycles. The van der Waals surface area contributed by atoms with Gasteiger partial charge in [0.1, 0.15) is 11.9 Å². The van der Waals surface area contributed by atoms with Gasteiger partial charge in [-0.3, -0.25) is 33.9 Å². The summed E-state index contributed by atoms with van der Waals surface area (Å²) in [5.74, 6) is -1.55. The van der Waals surface area contributed by atoms with E-state index in [9.17, 15) is 32.7 Å². The van der Waals surface area contributed by atoms with Crippen molar-refractivity contribution < 1.29 is 23.1 Å². The first-order valence-electron chi connectivity index (χ1n) is 13.3. The summed E-state index contributed by atoms with van der Waals surface area (Å²) in [7, 11) is -3.86. The van der Waals surface area contributed by atoms with Crippen LogP contribution in [0, 0.1) is 6.92 Å². The molecule has 1 fully saturated rings. The van der Waals surface area contributed by atoms with E-state index in [1.165, 1.54) is 33.1 Å². The molecule has 0 aliphatic carbocycles. The lowest BCUT2D eigenvalue weighted by molar-refractivity contribution is -0.135. The van der Waals surface area contributed by atoms with Crippen LogP contribution in [0.25, 0.3) is 21.8 Å².